The molecule has 238 valence electrons. The molecule has 0 bridgehead atoms. The molecule has 9 nitrogen and oxygen atoms in total. The minimum atomic E-state index is -5.43. The van der Waals surface area contributed by atoms with Crippen LogP contribution in [0.5, 0.6) is 5.75 Å². The fraction of sp³-hybridized carbons (Fsp3) is 0.258. The number of nitrogens with one attached hydrogen (secondary N) is 1. The van der Waals surface area contributed by atoms with Gasteiger partial charge in [0, 0.05) is 28.3 Å². The van der Waals surface area contributed by atoms with E-state index in [2.05, 4.69) is 10.3 Å². The first-order chi connectivity index (χ1) is 20.9. The molecule has 0 fully saturated rings. The van der Waals surface area contributed by atoms with Crippen LogP contribution < -0.4 is 15.8 Å². The van der Waals surface area contributed by atoms with E-state index < -0.39 is 57.9 Å². The number of amides is 2. The molecule has 14 heteroatoms. The maximum atomic E-state index is 14.7. The summed E-state index contributed by atoms with van der Waals surface area (Å²) in [6.07, 6.45) is -5.08. The number of carbonyl (C=O) groups excluding carboxylic acids is 2. The fourth-order valence-corrected chi connectivity index (χ4v) is 5.69. The average Bonchev–Trinajstić information content (AvgIpc) is 2.94. The lowest BCUT2D eigenvalue weighted by atomic mass is 9.93. The van der Waals surface area contributed by atoms with E-state index in [9.17, 15) is 40.7 Å². The molecular formula is C31H29F4N3O6S. The summed E-state index contributed by atoms with van der Waals surface area (Å²) >= 11 is 0. The lowest BCUT2D eigenvalue weighted by molar-refractivity contribution is -0.265. The van der Waals surface area contributed by atoms with E-state index in [1.807, 2.05) is 0 Å². The van der Waals surface area contributed by atoms with Crippen molar-refractivity contribution in [3.63, 3.8) is 0 Å². The van der Waals surface area contributed by atoms with Crippen LogP contribution in [-0.4, -0.2) is 55.9 Å². The first-order valence-electron chi connectivity index (χ1n) is 13.5. The highest BCUT2D eigenvalue weighted by Crippen LogP contribution is 2.42. The standard InChI is InChI=1S/C31H29F4N3O6S/c1-4-44-28-20(15-26(36)39)14-25(38-27(28)18-6-8-22(32)9-7-18)30(41,31(33,34)35)16-37-29(40)21-12-19-11-17(2)5-10-23(19)24(13-21)45(3,42)43/h5-14,41H,4,15-16H2,1-3H3,(H2,36,39)(H,37,40)/t30-/m0/s1. The van der Waals surface area contributed by atoms with Crippen LogP contribution in [0.2, 0.25) is 0 Å². The van der Waals surface area contributed by atoms with E-state index in [0.29, 0.717) is 10.8 Å². The molecule has 1 atom stereocenters. The number of nitrogens with zero attached hydrogens (tertiary/aromatic N) is 1. The van der Waals surface area contributed by atoms with Gasteiger partial charge in [0.15, 0.2) is 9.84 Å². The molecule has 0 unspecified atom stereocenters. The third kappa shape index (κ3) is 7.07. The molecule has 4 N–H and O–H groups in total. The monoisotopic (exact) mass is 647 g/mol. The van der Waals surface area contributed by atoms with Gasteiger partial charge in [0.1, 0.15) is 17.3 Å². The first-order valence-corrected chi connectivity index (χ1v) is 15.4. The van der Waals surface area contributed by atoms with Crippen LogP contribution in [0.15, 0.2) is 65.6 Å². The number of primary amides is 1. The number of hydrogen-bond donors (Lipinski definition) is 3. The van der Waals surface area contributed by atoms with Crippen molar-refractivity contribution in [3.8, 4) is 17.0 Å². The molecule has 0 saturated carbocycles. The molecule has 45 heavy (non-hydrogen) atoms. The Morgan fingerprint density at radius 3 is 2.29 bits per heavy atom. The Morgan fingerprint density at radius 2 is 1.71 bits per heavy atom. The van der Waals surface area contributed by atoms with Gasteiger partial charge in [0.2, 0.25) is 11.5 Å². The normalized spacial score (nSPS) is 13.3. The molecule has 1 heterocycles. The Morgan fingerprint density at radius 1 is 1.04 bits per heavy atom. The minimum absolute atomic E-state index is 0.0152. The van der Waals surface area contributed by atoms with Gasteiger partial charge in [-0.15, -0.1) is 0 Å². The van der Waals surface area contributed by atoms with Crippen LogP contribution in [0.25, 0.3) is 22.0 Å². The number of hydrogen-bond acceptors (Lipinski definition) is 7. The van der Waals surface area contributed by atoms with E-state index in [1.165, 1.54) is 18.2 Å². The van der Waals surface area contributed by atoms with Crippen molar-refractivity contribution in [2.45, 2.75) is 36.9 Å². The van der Waals surface area contributed by atoms with Crippen molar-refractivity contribution in [2.75, 3.05) is 19.4 Å². The Balaban J connectivity index is 1.83. The van der Waals surface area contributed by atoms with E-state index in [0.717, 1.165) is 36.1 Å². The summed E-state index contributed by atoms with van der Waals surface area (Å²) < 4.78 is 88.2. The molecule has 0 aliphatic heterocycles. The van der Waals surface area contributed by atoms with Gasteiger partial charge in [-0.05, 0) is 61.7 Å². The summed E-state index contributed by atoms with van der Waals surface area (Å²) in [5, 5.41) is 13.9. The number of fused-ring (bicyclic) bond motifs is 1. The zero-order valence-electron chi connectivity index (χ0n) is 24.3. The van der Waals surface area contributed by atoms with Crippen molar-refractivity contribution in [1.29, 1.82) is 0 Å². The molecule has 0 aliphatic carbocycles. The Labute approximate surface area is 256 Å². The van der Waals surface area contributed by atoms with Crippen molar-refractivity contribution in [1.82, 2.24) is 10.3 Å². The lowest BCUT2D eigenvalue weighted by Crippen LogP contribution is -2.51. The van der Waals surface area contributed by atoms with Crippen molar-refractivity contribution < 1.29 is 45.4 Å². The van der Waals surface area contributed by atoms with E-state index in [-0.39, 0.29) is 39.6 Å². The predicted octanol–water partition coefficient (Wildman–Crippen LogP) is 4.36. The van der Waals surface area contributed by atoms with Crippen LogP contribution in [0.1, 0.15) is 34.1 Å². The van der Waals surface area contributed by atoms with Gasteiger partial charge in [-0.25, -0.2) is 17.8 Å². The second kappa shape index (κ2) is 12.4. The van der Waals surface area contributed by atoms with E-state index >= 15 is 0 Å². The summed E-state index contributed by atoms with van der Waals surface area (Å²) in [5.41, 5.74) is 0.757. The van der Waals surface area contributed by atoms with Gasteiger partial charge in [0.05, 0.1) is 30.2 Å². The third-order valence-electron chi connectivity index (χ3n) is 6.95. The Bertz CT molecular complexity index is 1900. The van der Waals surface area contributed by atoms with Crippen LogP contribution in [0.4, 0.5) is 17.6 Å². The number of rotatable bonds is 10. The first kappa shape index (κ1) is 33.3. The SMILES string of the molecule is CCOc1c(CC(N)=O)cc([C@@](O)(CNC(=O)c2cc(S(C)(=O)=O)c3ccc(C)cc3c2)C(F)(F)F)nc1-c1ccc(F)cc1. The number of alkyl halides is 3. The number of aliphatic hydroxyl groups is 1. The lowest BCUT2D eigenvalue weighted by Gasteiger charge is -2.31. The Hall–Kier alpha value is -4.56. The molecule has 1 aromatic heterocycles. The number of nitrogens with two attached hydrogens (primary N) is 1. The molecule has 0 aliphatic rings. The molecule has 4 aromatic rings. The smallest absolute Gasteiger partial charge is 0.424 e. The second-order valence-corrected chi connectivity index (χ2v) is 12.4. The summed E-state index contributed by atoms with van der Waals surface area (Å²) in [7, 11) is -3.86. The zero-order valence-corrected chi connectivity index (χ0v) is 25.1. The molecule has 4 rings (SSSR count). The highest BCUT2D eigenvalue weighted by atomic mass is 32.2. The molecular weight excluding hydrogens is 618 g/mol. The minimum Gasteiger partial charge on any atom is -0.491 e. The van der Waals surface area contributed by atoms with Gasteiger partial charge >= 0.3 is 6.18 Å². The number of ether oxygens (including phenoxy) is 1. The maximum Gasteiger partial charge on any atom is 0.424 e. The van der Waals surface area contributed by atoms with Crippen molar-refractivity contribution in [2.24, 2.45) is 5.73 Å². The second-order valence-electron chi connectivity index (χ2n) is 10.4. The molecule has 0 saturated heterocycles. The summed E-state index contributed by atoms with van der Waals surface area (Å²) in [4.78, 5) is 28.9. The summed E-state index contributed by atoms with van der Waals surface area (Å²) in [6, 6.07) is 12.6. The maximum absolute atomic E-state index is 14.7. The van der Waals surface area contributed by atoms with Crippen LogP contribution in [-0.2, 0) is 26.7 Å². The van der Waals surface area contributed by atoms with Crippen molar-refractivity contribution in [3.05, 3.63) is 88.9 Å². The van der Waals surface area contributed by atoms with Crippen LogP contribution in [0, 0.1) is 12.7 Å². The van der Waals surface area contributed by atoms with Gasteiger partial charge in [-0.3, -0.25) is 9.59 Å². The Kier molecular flexibility index (Phi) is 9.22. The molecule has 0 radical (unpaired) electrons. The summed E-state index contributed by atoms with van der Waals surface area (Å²) in [5.74, 6) is -2.76. The largest absolute Gasteiger partial charge is 0.491 e. The summed E-state index contributed by atoms with van der Waals surface area (Å²) in [6.45, 7) is 1.89. The molecule has 3 aromatic carbocycles. The van der Waals surface area contributed by atoms with Gasteiger partial charge in [0.25, 0.3) is 5.91 Å². The topological polar surface area (TPSA) is 149 Å². The number of benzene rings is 3. The number of halogens is 4. The molecule has 2 amide bonds. The zero-order chi connectivity index (χ0) is 33.3. The highest BCUT2D eigenvalue weighted by Gasteiger charge is 2.56. The van der Waals surface area contributed by atoms with Crippen LogP contribution >= 0.6 is 0 Å². The number of carbonyl (C=O) groups is 2. The van der Waals surface area contributed by atoms with Gasteiger partial charge in [-0.2, -0.15) is 13.2 Å². The third-order valence-corrected chi connectivity index (χ3v) is 8.09. The highest BCUT2D eigenvalue weighted by molar-refractivity contribution is 7.91. The van der Waals surface area contributed by atoms with E-state index in [4.69, 9.17) is 10.5 Å². The predicted molar refractivity (Wildman–Crippen MR) is 158 cm³/mol. The number of pyridine rings is 1. The number of aromatic nitrogens is 1. The van der Waals surface area contributed by atoms with E-state index in [1.54, 1.807) is 32.0 Å². The number of aryl methyl sites for hydroxylation is 1. The number of sulfone groups is 1. The van der Waals surface area contributed by atoms with Crippen molar-refractivity contribution >= 4 is 32.4 Å². The van der Waals surface area contributed by atoms with Gasteiger partial charge in [-0.1, -0.05) is 23.8 Å². The van der Waals surface area contributed by atoms with Gasteiger partial charge < -0.3 is 20.9 Å². The van der Waals surface area contributed by atoms with Crippen LogP contribution in [0.3, 0.4) is 0 Å². The fourth-order valence-electron chi connectivity index (χ4n) is 4.76. The quantitative estimate of drug-likeness (QED) is 0.217. The molecule has 0 spiro atoms. The average molecular weight is 648 g/mol.